The van der Waals surface area contributed by atoms with Crippen LogP contribution in [0.25, 0.3) is 11.1 Å². The van der Waals surface area contributed by atoms with Crippen LogP contribution in [0.4, 0.5) is 11.5 Å². The number of aromatic nitrogens is 3. The average molecular weight is 438 g/mol. The minimum absolute atomic E-state index is 0.231. The van der Waals surface area contributed by atoms with E-state index in [-0.39, 0.29) is 5.91 Å². The summed E-state index contributed by atoms with van der Waals surface area (Å²) in [5.41, 5.74) is 11.3. The molecule has 2 heterocycles. The van der Waals surface area contributed by atoms with Crippen molar-refractivity contribution in [3.05, 3.63) is 89.4 Å². The molecule has 2 aromatic heterocycles. The van der Waals surface area contributed by atoms with E-state index < -0.39 is 0 Å². The summed E-state index contributed by atoms with van der Waals surface area (Å²) in [7, 11) is 3.44. The van der Waals surface area contributed by atoms with Crippen LogP contribution in [-0.2, 0) is 7.05 Å². The van der Waals surface area contributed by atoms with E-state index in [1.165, 1.54) is 0 Å². The van der Waals surface area contributed by atoms with Gasteiger partial charge >= 0.3 is 0 Å². The molecule has 0 fully saturated rings. The third-order valence-electron chi connectivity index (χ3n) is 5.12. The smallest absolute Gasteiger partial charge is 0.255 e. The van der Waals surface area contributed by atoms with E-state index in [2.05, 4.69) is 27.2 Å². The molecule has 0 aliphatic carbocycles. The number of anilines is 2. The van der Waals surface area contributed by atoms with E-state index in [1.807, 2.05) is 44.4 Å². The summed E-state index contributed by atoms with van der Waals surface area (Å²) in [6.07, 6.45) is 5.37. The zero-order valence-corrected chi connectivity index (χ0v) is 18.6. The van der Waals surface area contributed by atoms with Crippen LogP contribution < -0.4 is 15.8 Å². The number of benzene rings is 2. The fourth-order valence-electron chi connectivity index (χ4n) is 3.24. The molecule has 3 N–H and O–H groups in total. The van der Waals surface area contributed by atoms with Crippen LogP contribution in [-0.4, -0.2) is 27.8 Å². The fourth-order valence-corrected chi connectivity index (χ4v) is 3.24. The Bertz CT molecular complexity index is 1400. The third-order valence-corrected chi connectivity index (χ3v) is 5.12. The van der Waals surface area contributed by atoms with Crippen molar-refractivity contribution in [3.63, 3.8) is 0 Å². The third kappa shape index (κ3) is 5.02. The average Bonchev–Trinajstić information content (AvgIpc) is 3.25. The monoisotopic (exact) mass is 437 g/mol. The van der Waals surface area contributed by atoms with Crippen LogP contribution in [0.2, 0.25) is 0 Å². The number of ether oxygens (including phenoxy) is 1. The summed E-state index contributed by atoms with van der Waals surface area (Å²) < 4.78 is 6.93. The highest BCUT2D eigenvalue weighted by Gasteiger charge is 2.09. The number of nitrogens with zero attached hydrogens (tertiary/aromatic N) is 3. The van der Waals surface area contributed by atoms with Gasteiger partial charge in [-0.2, -0.15) is 5.10 Å². The van der Waals surface area contributed by atoms with Crippen molar-refractivity contribution in [2.75, 3.05) is 18.2 Å². The first-order valence-corrected chi connectivity index (χ1v) is 10.3. The zero-order chi connectivity index (χ0) is 23.4. The molecule has 7 nitrogen and oxygen atoms in total. The second-order valence-corrected chi connectivity index (χ2v) is 7.53. The lowest BCUT2D eigenvalue weighted by Gasteiger charge is -2.08. The van der Waals surface area contributed by atoms with Crippen molar-refractivity contribution in [3.8, 4) is 28.7 Å². The number of carbonyl (C=O) groups excluding carboxylic acids is 1. The van der Waals surface area contributed by atoms with Crippen molar-refractivity contribution < 1.29 is 9.53 Å². The summed E-state index contributed by atoms with van der Waals surface area (Å²) in [6.45, 7) is 1.95. The summed E-state index contributed by atoms with van der Waals surface area (Å²) in [6, 6.07) is 14.5. The molecule has 2 aromatic carbocycles. The number of methoxy groups -OCH3 is 1. The van der Waals surface area contributed by atoms with E-state index in [1.54, 1.807) is 48.5 Å². The van der Waals surface area contributed by atoms with Crippen LogP contribution in [0, 0.1) is 18.8 Å². The molecule has 0 atom stereocenters. The Morgan fingerprint density at radius 2 is 1.88 bits per heavy atom. The van der Waals surface area contributed by atoms with Gasteiger partial charge in [-0.25, -0.2) is 4.98 Å². The molecule has 0 saturated heterocycles. The molecule has 164 valence electrons. The molecule has 1 amide bonds. The second-order valence-electron chi connectivity index (χ2n) is 7.53. The number of pyridine rings is 1. The minimum atomic E-state index is -0.231. The van der Waals surface area contributed by atoms with Gasteiger partial charge in [0.05, 0.1) is 18.9 Å². The Balaban J connectivity index is 1.60. The van der Waals surface area contributed by atoms with Gasteiger partial charge in [-0.15, -0.1) is 0 Å². The molecular weight excluding hydrogens is 414 g/mol. The Labute approximate surface area is 192 Å². The van der Waals surface area contributed by atoms with Gasteiger partial charge in [-0.05, 0) is 42.8 Å². The van der Waals surface area contributed by atoms with Crippen molar-refractivity contribution in [2.45, 2.75) is 6.92 Å². The number of nitrogens with one attached hydrogen (secondary N) is 1. The molecule has 0 radical (unpaired) electrons. The fraction of sp³-hybridized carbons (Fsp3) is 0.115. The van der Waals surface area contributed by atoms with Gasteiger partial charge in [-0.3, -0.25) is 9.48 Å². The maximum atomic E-state index is 12.8. The van der Waals surface area contributed by atoms with Gasteiger partial charge in [0.15, 0.2) is 0 Å². The van der Waals surface area contributed by atoms with Gasteiger partial charge in [0.2, 0.25) is 0 Å². The van der Waals surface area contributed by atoms with E-state index >= 15 is 0 Å². The molecule has 0 bridgehead atoms. The standard InChI is InChI=1S/C26H23N5O2/c1-17-7-8-20(26(32)30-23-5-4-6-24(13-23)33-3)11-18(17)9-10-19-12-21(14-28-25(19)27)22-15-29-31(2)16-22/h4-8,11-16H,1-3H3,(H2,27,28)(H,30,32). The first-order valence-electron chi connectivity index (χ1n) is 10.3. The second kappa shape index (κ2) is 9.28. The lowest BCUT2D eigenvalue weighted by molar-refractivity contribution is 0.102. The Morgan fingerprint density at radius 1 is 1.06 bits per heavy atom. The van der Waals surface area contributed by atoms with Crippen LogP contribution in [0.15, 0.2) is 67.1 Å². The van der Waals surface area contributed by atoms with E-state index in [9.17, 15) is 4.79 Å². The van der Waals surface area contributed by atoms with Gasteiger partial charge in [-0.1, -0.05) is 24.0 Å². The maximum Gasteiger partial charge on any atom is 0.255 e. The van der Waals surface area contributed by atoms with Crippen molar-refractivity contribution >= 4 is 17.4 Å². The zero-order valence-electron chi connectivity index (χ0n) is 18.6. The number of carbonyl (C=O) groups is 1. The number of hydrogen-bond acceptors (Lipinski definition) is 5. The summed E-state index contributed by atoms with van der Waals surface area (Å²) >= 11 is 0. The van der Waals surface area contributed by atoms with Crippen molar-refractivity contribution in [2.24, 2.45) is 7.05 Å². The molecule has 4 aromatic rings. The topological polar surface area (TPSA) is 95.1 Å². The summed E-state index contributed by atoms with van der Waals surface area (Å²) in [4.78, 5) is 17.0. The molecule has 0 saturated carbocycles. The number of aryl methyl sites for hydroxylation is 2. The molecule has 0 aliphatic rings. The molecule has 7 heteroatoms. The van der Waals surface area contributed by atoms with Crippen LogP contribution in [0.3, 0.4) is 0 Å². The Hall–Kier alpha value is -4.57. The van der Waals surface area contributed by atoms with Gasteiger partial charge in [0, 0.05) is 53.4 Å². The highest BCUT2D eigenvalue weighted by molar-refractivity contribution is 6.04. The number of rotatable bonds is 4. The van der Waals surface area contributed by atoms with Crippen LogP contribution in [0.1, 0.15) is 27.0 Å². The number of amides is 1. The minimum Gasteiger partial charge on any atom is -0.497 e. The summed E-state index contributed by atoms with van der Waals surface area (Å²) in [5.74, 6) is 7.03. The molecule has 33 heavy (non-hydrogen) atoms. The largest absolute Gasteiger partial charge is 0.497 e. The van der Waals surface area contributed by atoms with Gasteiger partial charge in [0.1, 0.15) is 11.6 Å². The highest BCUT2D eigenvalue weighted by Crippen LogP contribution is 2.22. The number of hydrogen-bond donors (Lipinski definition) is 2. The predicted octanol–water partition coefficient (Wildman–Crippen LogP) is 4.03. The highest BCUT2D eigenvalue weighted by atomic mass is 16.5. The molecule has 0 aliphatic heterocycles. The van der Waals surface area contributed by atoms with Crippen molar-refractivity contribution in [1.29, 1.82) is 0 Å². The van der Waals surface area contributed by atoms with Crippen molar-refractivity contribution in [1.82, 2.24) is 14.8 Å². The SMILES string of the molecule is COc1cccc(NC(=O)c2ccc(C)c(C#Cc3cc(-c4cnn(C)c4)cnc3N)c2)c1. The van der Waals surface area contributed by atoms with Crippen LogP contribution in [0.5, 0.6) is 5.75 Å². The normalized spacial score (nSPS) is 10.3. The lowest BCUT2D eigenvalue weighted by Crippen LogP contribution is -2.12. The van der Waals surface area contributed by atoms with E-state index in [0.717, 1.165) is 22.3 Å². The quantitative estimate of drug-likeness (QED) is 0.470. The maximum absolute atomic E-state index is 12.8. The first kappa shape index (κ1) is 21.7. The number of nitrogens with two attached hydrogens (primary N) is 1. The molecular formula is C26H23N5O2. The molecule has 0 unspecified atom stereocenters. The van der Waals surface area contributed by atoms with Gasteiger partial charge < -0.3 is 15.8 Å². The lowest BCUT2D eigenvalue weighted by atomic mass is 10.0. The molecule has 4 rings (SSSR count). The molecule has 0 spiro atoms. The Kier molecular flexibility index (Phi) is 6.09. The number of nitrogen functional groups attached to an aromatic ring is 1. The summed E-state index contributed by atoms with van der Waals surface area (Å²) in [5, 5.41) is 7.08. The first-order chi connectivity index (χ1) is 15.9. The van der Waals surface area contributed by atoms with Gasteiger partial charge in [0.25, 0.3) is 5.91 Å². The Morgan fingerprint density at radius 3 is 2.64 bits per heavy atom. The van der Waals surface area contributed by atoms with Crippen LogP contribution >= 0.6 is 0 Å². The van der Waals surface area contributed by atoms with E-state index in [0.29, 0.717) is 28.4 Å². The predicted molar refractivity (Wildman–Crippen MR) is 129 cm³/mol. The van der Waals surface area contributed by atoms with E-state index in [4.69, 9.17) is 10.5 Å².